The zero-order valence-electron chi connectivity index (χ0n) is 12.1. The van der Waals surface area contributed by atoms with Crippen LogP contribution in [0.15, 0.2) is 29.2 Å². The van der Waals surface area contributed by atoms with E-state index in [2.05, 4.69) is 16.6 Å². The number of pyridine rings is 1. The fourth-order valence-electron chi connectivity index (χ4n) is 2.35. The van der Waals surface area contributed by atoms with Gasteiger partial charge in [0.2, 0.25) is 5.95 Å². The Hall–Kier alpha value is -1.60. The Morgan fingerprint density at radius 3 is 2.70 bits per heavy atom. The normalized spacial score (nSPS) is 14.7. The molecule has 1 saturated heterocycles. The second kappa shape index (κ2) is 6.49. The predicted octanol–water partition coefficient (Wildman–Crippen LogP) is 4.73. The SMILES string of the molecule is CC1CN(c2cc(F)c(SNc3cccc(F)n3)c(F)c2Cl)C1. The van der Waals surface area contributed by atoms with Crippen LogP contribution in [-0.4, -0.2) is 18.1 Å². The fraction of sp³-hybridized carbons (Fsp3) is 0.267. The number of rotatable bonds is 4. The van der Waals surface area contributed by atoms with Gasteiger partial charge in [-0.05, 0) is 30.0 Å². The maximum absolute atomic E-state index is 14.4. The summed E-state index contributed by atoms with van der Waals surface area (Å²) in [7, 11) is 0. The molecule has 1 aromatic carbocycles. The molecule has 122 valence electrons. The van der Waals surface area contributed by atoms with Crippen molar-refractivity contribution < 1.29 is 13.2 Å². The Kier molecular flexibility index (Phi) is 4.59. The van der Waals surface area contributed by atoms with Crippen molar-refractivity contribution in [1.29, 1.82) is 0 Å². The number of aromatic nitrogens is 1. The third kappa shape index (κ3) is 3.35. The van der Waals surface area contributed by atoms with Crippen molar-refractivity contribution >= 4 is 35.1 Å². The van der Waals surface area contributed by atoms with Crippen molar-refractivity contribution in [1.82, 2.24) is 4.98 Å². The molecular weight excluding hydrogens is 347 g/mol. The average Bonchev–Trinajstić information content (AvgIpc) is 2.48. The second-order valence-corrected chi connectivity index (χ2v) is 6.59. The first-order valence-corrected chi connectivity index (χ1v) is 8.13. The zero-order valence-corrected chi connectivity index (χ0v) is 13.7. The minimum atomic E-state index is -0.838. The van der Waals surface area contributed by atoms with Crippen molar-refractivity contribution in [3.63, 3.8) is 0 Å². The van der Waals surface area contributed by atoms with Gasteiger partial charge in [-0.1, -0.05) is 24.6 Å². The number of nitrogens with one attached hydrogen (secondary N) is 1. The van der Waals surface area contributed by atoms with Crippen molar-refractivity contribution in [2.75, 3.05) is 22.7 Å². The van der Waals surface area contributed by atoms with E-state index in [0.29, 0.717) is 23.6 Å². The van der Waals surface area contributed by atoms with Gasteiger partial charge in [-0.25, -0.2) is 13.8 Å². The molecule has 0 bridgehead atoms. The van der Waals surface area contributed by atoms with E-state index < -0.39 is 17.6 Å². The van der Waals surface area contributed by atoms with E-state index in [1.807, 2.05) is 4.90 Å². The monoisotopic (exact) mass is 359 g/mol. The molecule has 0 radical (unpaired) electrons. The lowest BCUT2D eigenvalue weighted by Crippen LogP contribution is -2.45. The summed E-state index contributed by atoms with van der Waals surface area (Å²) in [5, 5.41) is -0.116. The molecule has 0 aliphatic carbocycles. The second-order valence-electron chi connectivity index (χ2n) is 5.39. The zero-order chi connectivity index (χ0) is 16.6. The molecule has 0 saturated carbocycles. The third-order valence-corrected chi connectivity index (χ3v) is 4.72. The van der Waals surface area contributed by atoms with Crippen LogP contribution >= 0.6 is 23.5 Å². The van der Waals surface area contributed by atoms with Crippen LogP contribution in [0.3, 0.4) is 0 Å². The van der Waals surface area contributed by atoms with Crippen molar-refractivity contribution in [3.05, 3.63) is 46.9 Å². The summed E-state index contributed by atoms with van der Waals surface area (Å²) in [6.45, 7) is 3.49. The number of nitrogens with zero attached hydrogens (tertiary/aromatic N) is 2. The number of hydrogen-bond acceptors (Lipinski definition) is 4. The standard InChI is InChI=1S/C15H13ClF3N3S/c1-8-6-22(7-8)10-5-9(17)15(14(19)13(10)16)23-21-12-4-2-3-11(18)20-12/h2-5,8H,6-7H2,1H3,(H,20,21). The van der Waals surface area contributed by atoms with Crippen molar-refractivity contribution in [3.8, 4) is 0 Å². The lowest BCUT2D eigenvalue weighted by Gasteiger charge is -2.39. The number of halogens is 4. The topological polar surface area (TPSA) is 28.2 Å². The highest BCUT2D eigenvalue weighted by Crippen LogP contribution is 2.39. The number of hydrogen-bond donors (Lipinski definition) is 1. The van der Waals surface area contributed by atoms with Crippen LogP contribution in [0.5, 0.6) is 0 Å². The Morgan fingerprint density at radius 2 is 2.04 bits per heavy atom. The Balaban J connectivity index is 1.81. The molecule has 1 aliphatic heterocycles. The minimum Gasteiger partial charge on any atom is -0.369 e. The first-order valence-electron chi connectivity index (χ1n) is 6.93. The van der Waals surface area contributed by atoms with E-state index in [4.69, 9.17) is 11.6 Å². The van der Waals surface area contributed by atoms with E-state index >= 15 is 0 Å². The molecule has 1 aromatic heterocycles. The first-order chi connectivity index (χ1) is 11.0. The van der Waals surface area contributed by atoms with E-state index in [1.165, 1.54) is 24.3 Å². The summed E-state index contributed by atoms with van der Waals surface area (Å²) in [5.41, 5.74) is 0.355. The highest BCUT2D eigenvalue weighted by Gasteiger charge is 2.28. The Morgan fingerprint density at radius 1 is 1.30 bits per heavy atom. The van der Waals surface area contributed by atoms with Gasteiger partial charge in [0.1, 0.15) is 21.6 Å². The smallest absolute Gasteiger partial charge is 0.214 e. The predicted molar refractivity (Wildman–Crippen MR) is 86.4 cm³/mol. The van der Waals surface area contributed by atoms with Crippen molar-refractivity contribution in [2.45, 2.75) is 11.8 Å². The van der Waals surface area contributed by atoms with E-state index in [-0.39, 0.29) is 15.7 Å². The van der Waals surface area contributed by atoms with Gasteiger partial charge in [-0.2, -0.15) is 4.39 Å². The molecule has 8 heteroatoms. The maximum Gasteiger partial charge on any atom is 0.214 e. The molecule has 0 unspecified atom stereocenters. The van der Waals surface area contributed by atoms with Gasteiger partial charge in [0.05, 0.1) is 5.69 Å². The van der Waals surface area contributed by atoms with Gasteiger partial charge in [-0.15, -0.1) is 0 Å². The highest BCUT2D eigenvalue weighted by molar-refractivity contribution is 8.00. The Labute approximate surface area is 141 Å². The van der Waals surface area contributed by atoms with Crippen LogP contribution in [0.2, 0.25) is 5.02 Å². The average molecular weight is 360 g/mol. The summed E-state index contributed by atoms with van der Waals surface area (Å²) in [4.78, 5) is 5.11. The summed E-state index contributed by atoms with van der Waals surface area (Å²) in [6.07, 6.45) is 0. The molecular formula is C15H13ClF3N3S. The van der Waals surface area contributed by atoms with Gasteiger partial charge in [0.25, 0.3) is 0 Å². The summed E-state index contributed by atoms with van der Waals surface area (Å²) >= 11 is 6.70. The molecule has 0 amide bonds. The number of anilines is 2. The van der Waals surface area contributed by atoms with Crippen LogP contribution in [-0.2, 0) is 0 Å². The van der Waals surface area contributed by atoms with Gasteiger partial charge < -0.3 is 9.62 Å². The van der Waals surface area contributed by atoms with E-state index in [1.54, 1.807) is 0 Å². The molecule has 1 aliphatic rings. The molecule has 23 heavy (non-hydrogen) atoms. The van der Waals surface area contributed by atoms with Crippen LogP contribution in [0.4, 0.5) is 24.7 Å². The quantitative estimate of drug-likeness (QED) is 0.485. The summed E-state index contributed by atoms with van der Waals surface area (Å²) in [5.74, 6) is -1.61. The van der Waals surface area contributed by atoms with Gasteiger partial charge in [0.15, 0.2) is 5.82 Å². The molecule has 3 rings (SSSR count). The van der Waals surface area contributed by atoms with Gasteiger partial charge in [0, 0.05) is 19.2 Å². The molecule has 0 atom stereocenters. The highest BCUT2D eigenvalue weighted by atomic mass is 35.5. The van der Waals surface area contributed by atoms with E-state index in [9.17, 15) is 13.2 Å². The lowest BCUT2D eigenvalue weighted by atomic mass is 10.0. The van der Waals surface area contributed by atoms with Gasteiger partial charge in [-0.3, -0.25) is 0 Å². The van der Waals surface area contributed by atoms with Gasteiger partial charge >= 0.3 is 0 Å². The molecule has 3 nitrogen and oxygen atoms in total. The van der Waals surface area contributed by atoms with Crippen LogP contribution in [0.25, 0.3) is 0 Å². The molecule has 1 fully saturated rings. The summed E-state index contributed by atoms with van der Waals surface area (Å²) < 4.78 is 44.2. The largest absolute Gasteiger partial charge is 0.369 e. The number of benzene rings is 1. The Bertz CT molecular complexity index is 738. The lowest BCUT2D eigenvalue weighted by molar-refractivity contribution is 0.443. The van der Waals surface area contributed by atoms with Crippen molar-refractivity contribution in [2.24, 2.45) is 5.92 Å². The summed E-state index contributed by atoms with van der Waals surface area (Å²) in [6, 6.07) is 5.33. The van der Waals surface area contributed by atoms with Crippen LogP contribution in [0.1, 0.15) is 6.92 Å². The molecule has 2 heterocycles. The molecule has 0 spiro atoms. The molecule has 2 aromatic rings. The van der Waals surface area contributed by atoms with Crippen LogP contribution < -0.4 is 9.62 Å². The third-order valence-electron chi connectivity index (χ3n) is 3.47. The first kappa shape index (κ1) is 16.3. The maximum atomic E-state index is 14.4. The van der Waals surface area contributed by atoms with E-state index in [0.717, 1.165) is 13.1 Å². The van der Waals surface area contributed by atoms with Crippen LogP contribution in [0, 0.1) is 23.5 Å². The fourth-order valence-corrected chi connectivity index (χ4v) is 3.35. The minimum absolute atomic E-state index is 0.116. The molecule has 1 N–H and O–H groups in total.